The summed E-state index contributed by atoms with van der Waals surface area (Å²) in [4.78, 5) is 0. The number of hydrogen-bond donors (Lipinski definition) is 1. The van der Waals surface area contributed by atoms with Crippen LogP contribution in [0.2, 0.25) is 0 Å². The monoisotopic (exact) mass is 251 g/mol. The van der Waals surface area contributed by atoms with E-state index in [1.165, 1.54) is 5.56 Å². The number of nitrogens with one attached hydrogen (secondary N) is 1. The van der Waals surface area contributed by atoms with Crippen LogP contribution in [0.4, 0.5) is 0 Å². The summed E-state index contributed by atoms with van der Waals surface area (Å²) < 4.78 is 10.7. The molecule has 0 saturated heterocycles. The predicted molar refractivity (Wildman–Crippen MR) is 75.3 cm³/mol. The molecular formula is C15H25NO2. The fourth-order valence-corrected chi connectivity index (χ4v) is 2.04. The quantitative estimate of drug-likeness (QED) is 0.808. The van der Waals surface area contributed by atoms with Gasteiger partial charge < -0.3 is 14.8 Å². The average molecular weight is 251 g/mol. The zero-order valence-corrected chi connectivity index (χ0v) is 12.1. The first-order valence-corrected chi connectivity index (χ1v) is 6.36. The van der Waals surface area contributed by atoms with Gasteiger partial charge in [-0.15, -0.1) is 0 Å². The van der Waals surface area contributed by atoms with Crippen LogP contribution < -0.4 is 10.1 Å². The van der Waals surface area contributed by atoms with E-state index in [1.807, 2.05) is 19.2 Å². The summed E-state index contributed by atoms with van der Waals surface area (Å²) in [5.41, 5.74) is 1.17. The molecule has 102 valence electrons. The number of ether oxygens (including phenoxy) is 2. The molecule has 0 saturated carbocycles. The fourth-order valence-electron chi connectivity index (χ4n) is 2.04. The highest BCUT2D eigenvalue weighted by molar-refractivity contribution is 5.29. The van der Waals surface area contributed by atoms with Gasteiger partial charge in [0.15, 0.2) is 0 Å². The van der Waals surface area contributed by atoms with Crippen LogP contribution in [0.25, 0.3) is 0 Å². The van der Waals surface area contributed by atoms with Gasteiger partial charge in [0.05, 0.1) is 12.7 Å². The van der Waals surface area contributed by atoms with Crippen LogP contribution >= 0.6 is 0 Å². The Morgan fingerprint density at radius 3 is 2.56 bits per heavy atom. The average Bonchev–Trinajstić information content (AvgIpc) is 2.38. The van der Waals surface area contributed by atoms with Crippen LogP contribution in [-0.2, 0) is 11.2 Å². The first-order chi connectivity index (χ1) is 8.50. The van der Waals surface area contributed by atoms with Crippen LogP contribution in [0, 0.1) is 0 Å². The Labute approximate surface area is 110 Å². The van der Waals surface area contributed by atoms with E-state index in [1.54, 1.807) is 14.2 Å². The third-order valence-electron chi connectivity index (χ3n) is 3.32. The molecule has 1 atom stereocenters. The van der Waals surface area contributed by atoms with Crippen molar-refractivity contribution in [2.75, 3.05) is 21.3 Å². The van der Waals surface area contributed by atoms with Gasteiger partial charge in [0, 0.05) is 13.2 Å². The SMILES string of the molecule is CNC(Cc1cccc(OC)c1)CC(C)(C)OC. The maximum atomic E-state index is 5.49. The van der Waals surface area contributed by atoms with Gasteiger partial charge in [0.1, 0.15) is 5.75 Å². The largest absolute Gasteiger partial charge is 0.497 e. The van der Waals surface area contributed by atoms with Crippen molar-refractivity contribution < 1.29 is 9.47 Å². The minimum absolute atomic E-state index is 0.105. The van der Waals surface area contributed by atoms with Gasteiger partial charge in [-0.05, 0) is 51.4 Å². The van der Waals surface area contributed by atoms with Crippen LogP contribution in [0.1, 0.15) is 25.8 Å². The summed E-state index contributed by atoms with van der Waals surface area (Å²) in [5, 5.41) is 3.36. The lowest BCUT2D eigenvalue weighted by atomic mass is 9.94. The molecule has 1 rings (SSSR count). The summed E-state index contributed by atoms with van der Waals surface area (Å²) in [6, 6.07) is 8.61. The van der Waals surface area contributed by atoms with Crippen molar-refractivity contribution >= 4 is 0 Å². The van der Waals surface area contributed by atoms with Crippen molar-refractivity contribution in [3.63, 3.8) is 0 Å². The number of methoxy groups -OCH3 is 2. The Hall–Kier alpha value is -1.06. The molecule has 1 N–H and O–H groups in total. The topological polar surface area (TPSA) is 30.5 Å². The Morgan fingerprint density at radius 1 is 1.28 bits per heavy atom. The minimum atomic E-state index is -0.105. The highest BCUT2D eigenvalue weighted by atomic mass is 16.5. The molecule has 0 aliphatic heterocycles. The first kappa shape index (κ1) is 15.0. The number of hydrogen-bond acceptors (Lipinski definition) is 3. The van der Waals surface area contributed by atoms with Gasteiger partial charge in [-0.1, -0.05) is 12.1 Å². The highest BCUT2D eigenvalue weighted by Crippen LogP contribution is 2.20. The van der Waals surface area contributed by atoms with E-state index in [0.717, 1.165) is 18.6 Å². The molecule has 0 fully saturated rings. The molecule has 0 spiro atoms. The maximum Gasteiger partial charge on any atom is 0.119 e. The molecular weight excluding hydrogens is 226 g/mol. The van der Waals surface area contributed by atoms with E-state index >= 15 is 0 Å². The van der Waals surface area contributed by atoms with E-state index < -0.39 is 0 Å². The molecule has 1 unspecified atom stereocenters. The molecule has 1 aromatic carbocycles. The van der Waals surface area contributed by atoms with Crippen LogP contribution in [-0.4, -0.2) is 32.9 Å². The highest BCUT2D eigenvalue weighted by Gasteiger charge is 2.22. The second-order valence-electron chi connectivity index (χ2n) is 5.21. The van der Waals surface area contributed by atoms with Crippen LogP contribution in [0.15, 0.2) is 24.3 Å². The molecule has 0 aliphatic rings. The third kappa shape index (κ3) is 4.67. The van der Waals surface area contributed by atoms with Crippen molar-refractivity contribution in [1.29, 1.82) is 0 Å². The van der Waals surface area contributed by atoms with Crippen molar-refractivity contribution in [1.82, 2.24) is 5.32 Å². The van der Waals surface area contributed by atoms with E-state index in [4.69, 9.17) is 9.47 Å². The fraction of sp³-hybridized carbons (Fsp3) is 0.600. The summed E-state index contributed by atoms with van der Waals surface area (Å²) >= 11 is 0. The smallest absolute Gasteiger partial charge is 0.119 e. The second kappa shape index (κ2) is 6.76. The molecule has 0 aromatic heterocycles. The van der Waals surface area contributed by atoms with E-state index in [2.05, 4.69) is 31.3 Å². The summed E-state index contributed by atoms with van der Waals surface area (Å²) in [6.45, 7) is 4.23. The van der Waals surface area contributed by atoms with E-state index in [9.17, 15) is 0 Å². The van der Waals surface area contributed by atoms with Crippen LogP contribution in [0.3, 0.4) is 0 Å². The summed E-state index contributed by atoms with van der Waals surface area (Å²) in [6.07, 6.45) is 1.94. The second-order valence-corrected chi connectivity index (χ2v) is 5.21. The Balaban J connectivity index is 2.67. The van der Waals surface area contributed by atoms with Gasteiger partial charge in [0.25, 0.3) is 0 Å². The molecule has 0 bridgehead atoms. The number of benzene rings is 1. The predicted octanol–water partition coefficient (Wildman–Crippen LogP) is 2.64. The number of rotatable bonds is 7. The lowest BCUT2D eigenvalue weighted by molar-refractivity contribution is 0.00773. The molecule has 0 heterocycles. The molecule has 0 aliphatic carbocycles. The molecule has 1 aromatic rings. The zero-order valence-electron chi connectivity index (χ0n) is 12.1. The Bertz CT molecular complexity index is 363. The Kier molecular flexibility index (Phi) is 5.63. The molecule has 3 heteroatoms. The number of likely N-dealkylation sites (N-methyl/N-ethyl adjacent to an activating group) is 1. The molecule has 3 nitrogen and oxygen atoms in total. The lowest BCUT2D eigenvalue weighted by Gasteiger charge is -2.28. The van der Waals surface area contributed by atoms with Crippen molar-refractivity contribution in [2.45, 2.75) is 38.3 Å². The van der Waals surface area contributed by atoms with E-state index in [-0.39, 0.29) is 5.60 Å². The van der Waals surface area contributed by atoms with Gasteiger partial charge in [-0.3, -0.25) is 0 Å². The van der Waals surface area contributed by atoms with Crippen LogP contribution in [0.5, 0.6) is 5.75 Å². The standard InChI is InChI=1S/C15H25NO2/c1-15(2,18-5)11-13(16-3)9-12-7-6-8-14(10-12)17-4/h6-8,10,13,16H,9,11H2,1-5H3. The normalized spacial score (nSPS) is 13.4. The van der Waals surface area contributed by atoms with Gasteiger partial charge >= 0.3 is 0 Å². The Morgan fingerprint density at radius 2 is 2.00 bits per heavy atom. The summed E-state index contributed by atoms with van der Waals surface area (Å²) in [7, 11) is 5.46. The van der Waals surface area contributed by atoms with Gasteiger partial charge in [-0.2, -0.15) is 0 Å². The minimum Gasteiger partial charge on any atom is -0.497 e. The summed E-state index contributed by atoms with van der Waals surface area (Å²) in [5.74, 6) is 0.911. The van der Waals surface area contributed by atoms with E-state index in [0.29, 0.717) is 6.04 Å². The van der Waals surface area contributed by atoms with Gasteiger partial charge in [-0.25, -0.2) is 0 Å². The molecule has 18 heavy (non-hydrogen) atoms. The maximum absolute atomic E-state index is 5.49. The van der Waals surface area contributed by atoms with Crippen molar-refractivity contribution in [3.8, 4) is 5.75 Å². The zero-order chi connectivity index (χ0) is 13.6. The third-order valence-corrected chi connectivity index (χ3v) is 3.32. The lowest BCUT2D eigenvalue weighted by Crippen LogP contribution is -2.37. The molecule has 0 radical (unpaired) electrons. The van der Waals surface area contributed by atoms with Crippen molar-refractivity contribution in [2.24, 2.45) is 0 Å². The molecule has 0 amide bonds. The van der Waals surface area contributed by atoms with Crippen molar-refractivity contribution in [3.05, 3.63) is 29.8 Å². The van der Waals surface area contributed by atoms with Gasteiger partial charge in [0.2, 0.25) is 0 Å². The first-order valence-electron chi connectivity index (χ1n) is 6.36.